The van der Waals surface area contributed by atoms with Crippen LogP contribution in [0.2, 0.25) is 0 Å². The molecule has 3 aromatic rings. The molecule has 4 heteroatoms. The zero-order valence-corrected chi connectivity index (χ0v) is 15.7. The number of fused-ring (bicyclic) bond motifs is 1. The fraction of sp³-hybridized carbons (Fsp3) is 0.286. The Morgan fingerprint density at radius 3 is 2.44 bits per heavy atom. The van der Waals surface area contributed by atoms with Gasteiger partial charge in [0.25, 0.3) is 0 Å². The van der Waals surface area contributed by atoms with Gasteiger partial charge in [-0.25, -0.2) is 4.98 Å². The monoisotopic (exact) mass is 370 g/mol. The van der Waals surface area contributed by atoms with Gasteiger partial charge in [-0.05, 0) is 30.5 Å². The largest absolute Gasteiger partial charge is 0.327 e. The van der Waals surface area contributed by atoms with Crippen molar-refractivity contribution < 1.29 is 0 Å². The smallest absolute Gasteiger partial charge is 0.105 e. The minimum atomic E-state index is 0. The summed E-state index contributed by atoms with van der Waals surface area (Å²) in [6, 6.07) is 21.5. The zero-order chi connectivity index (χ0) is 16.4. The van der Waals surface area contributed by atoms with Crippen molar-refractivity contribution in [2.24, 2.45) is 5.73 Å². The number of halogens is 1. The molecule has 1 fully saturated rings. The topological polar surface area (TPSA) is 38.9 Å². The molecule has 2 atom stereocenters. The van der Waals surface area contributed by atoms with Crippen LogP contribution in [-0.4, -0.2) is 16.3 Å². The summed E-state index contributed by atoms with van der Waals surface area (Å²) in [4.78, 5) is 4.99. The van der Waals surface area contributed by atoms with E-state index in [1.165, 1.54) is 35.8 Å². The van der Waals surface area contributed by atoms with Crippen molar-refractivity contribution in [3.05, 3.63) is 60.7 Å². The molecule has 1 saturated carbocycles. The predicted octanol–water partition coefficient (Wildman–Crippen LogP) is 5.69. The predicted molar refractivity (Wildman–Crippen MR) is 111 cm³/mol. The van der Waals surface area contributed by atoms with Crippen LogP contribution in [0, 0.1) is 0 Å². The lowest BCUT2D eigenvalue weighted by Gasteiger charge is -2.28. The molecular formula is C21H23ClN2S. The Bertz CT molecular complexity index is 838. The highest BCUT2D eigenvalue weighted by Crippen LogP contribution is 2.38. The minimum absolute atomic E-state index is 0. The first-order valence-corrected chi connectivity index (χ1v) is 9.57. The number of thioether (sulfide) groups is 1. The Morgan fingerprint density at radius 1 is 0.920 bits per heavy atom. The number of pyridine rings is 1. The van der Waals surface area contributed by atoms with Crippen molar-refractivity contribution in [2.75, 3.05) is 0 Å². The fourth-order valence-corrected chi connectivity index (χ4v) is 4.76. The molecule has 0 saturated heterocycles. The van der Waals surface area contributed by atoms with Crippen LogP contribution < -0.4 is 5.73 Å². The van der Waals surface area contributed by atoms with Crippen molar-refractivity contribution in [1.29, 1.82) is 0 Å². The third-order valence-electron chi connectivity index (χ3n) is 4.79. The highest BCUT2D eigenvalue weighted by atomic mass is 35.5. The number of rotatable bonds is 3. The van der Waals surface area contributed by atoms with Crippen molar-refractivity contribution in [3.63, 3.8) is 0 Å². The molecule has 0 aliphatic heterocycles. The first-order chi connectivity index (χ1) is 11.8. The molecule has 2 nitrogen and oxygen atoms in total. The molecule has 0 radical (unpaired) electrons. The van der Waals surface area contributed by atoms with E-state index in [1.807, 2.05) is 11.8 Å². The van der Waals surface area contributed by atoms with Crippen LogP contribution in [0.25, 0.3) is 22.0 Å². The van der Waals surface area contributed by atoms with Gasteiger partial charge >= 0.3 is 0 Å². The molecule has 2 aromatic carbocycles. The van der Waals surface area contributed by atoms with Crippen LogP contribution in [0.4, 0.5) is 0 Å². The first kappa shape index (κ1) is 18.2. The van der Waals surface area contributed by atoms with Crippen molar-refractivity contribution >= 4 is 35.1 Å². The summed E-state index contributed by atoms with van der Waals surface area (Å²) in [7, 11) is 0. The molecule has 130 valence electrons. The number of nitrogens with zero attached hydrogens (tertiary/aromatic N) is 1. The summed E-state index contributed by atoms with van der Waals surface area (Å²) >= 11 is 1.87. The molecule has 2 unspecified atom stereocenters. The molecule has 4 rings (SSSR count). The Hall–Kier alpha value is -1.55. The molecule has 0 bridgehead atoms. The summed E-state index contributed by atoms with van der Waals surface area (Å²) in [5.41, 5.74) is 9.88. The second kappa shape index (κ2) is 8.22. The SMILES string of the molecule is Cl.NC1CCCCC1Sc1nc2ccccc2cc1-c1ccccc1. The van der Waals surface area contributed by atoms with Gasteiger partial charge in [-0.15, -0.1) is 24.2 Å². The lowest BCUT2D eigenvalue weighted by atomic mass is 9.96. The number of hydrogen-bond donors (Lipinski definition) is 1. The number of aromatic nitrogens is 1. The van der Waals surface area contributed by atoms with E-state index < -0.39 is 0 Å². The molecule has 1 heterocycles. The van der Waals surface area contributed by atoms with Crippen LogP contribution in [0.3, 0.4) is 0 Å². The Kier molecular flexibility index (Phi) is 6.00. The maximum absolute atomic E-state index is 6.38. The summed E-state index contributed by atoms with van der Waals surface area (Å²) in [5, 5.41) is 2.77. The number of hydrogen-bond acceptors (Lipinski definition) is 3. The number of benzene rings is 2. The number of nitrogens with two attached hydrogens (primary N) is 1. The quantitative estimate of drug-likeness (QED) is 0.644. The van der Waals surface area contributed by atoms with E-state index >= 15 is 0 Å². The third kappa shape index (κ3) is 4.00. The average Bonchev–Trinajstić information content (AvgIpc) is 2.64. The molecule has 1 aromatic heterocycles. The van der Waals surface area contributed by atoms with E-state index in [0.29, 0.717) is 5.25 Å². The Labute approximate surface area is 159 Å². The van der Waals surface area contributed by atoms with Gasteiger partial charge in [0.1, 0.15) is 5.03 Å². The summed E-state index contributed by atoms with van der Waals surface area (Å²) < 4.78 is 0. The van der Waals surface area contributed by atoms with Crippen LogP contribution in [-0.2, 0) is 0 Å². The second-order valence-electron chi connectivity index (χ2n) is 6.50. The van der Waals surface area contributed by atoms with Gasteiger partial charge in [0, 0.05) is 22.2 Å². The molecule has 1 aliphatic rings. The van der Waals surface area contributed by atoms with Crippen molar-refractivity contribution in [3.8, 4) is 11.1 Å². The van der Waals surface area contributed by atoms with E-state index in [4.69, 9.17) is 10.7 Å². The number of para-hydroxylation sites is 1. The molecular weight excluding hydrogens is 348 g/mol. The van der Waals surface area contributed by atoms with E-state index in [-0.39, 0.29) is 18.4 Å². The lowest BCUT2D eigenvalue weighted by Crippen LogP contribution is -2.35. The molecule has 2 N–H and O–H groups in total. The average molecular weight is 371 g/mol. The van der Waals surface area contributed by atoms with Crippen molar-refractivity contribution in [2.45, 2.75) is 42.0 Å². The standard InChI is InChI=1S/C21H22N2S.ClH/c22-18-11-5-7-13-20(18)24-21-17(15-8-2-1-3-9-15)14-16-10-4-6-12-19(16)23-21;/h1-4,6,8-10,12,14,18,20H,5,7,11,13,22H2;1H. The van der Waals surface area contributed by atoms with E-state index in [1.54, 1.807) is 0 Å². The van der Waals surface area contributed by atoms with Gasteiger partial charge in [-0.1, -0.05) is 61.4 Å². The van der Waals surface area contributed by atoms with Gasteiger partial charge in [0.05, 0.1) is 5.52 Å². The molecule has 0 spiro atoms. The third-order valence-corrected chi connectivity index (χ3v) is 6.21. The normalized spacial score (nSPS) is 20.2. The zero-order valence-electron chi connectivity index (χ0n) is 14.1. The van der Waals surface area contributed by atoms with Crippen molar-refractivity contribution in [1.82, 2.24) is 4.98 Å². The van der Waals surface area contributed by atoms with Crippen LogP contribution in [0.5, 0.6) is 0 Å². The summed E-state index contributed by atoms with van der Waals surface area (Å²) in [6.45, 7) is 0. The van der Waals surface area contributed by atoms with Crippen LogP contribution >= 0.6 is 24.2 Å². The lowest BCUT2D eigenvalue weighted by molar-refractivity contribution is 0.453. The van der Waals surface area contributed by atoms with Gasteiger partial charge in [0.15, 0.2) is 0 Å². The molecule has 1 aliphatic carbocycles. The van der Waals surface area contributed by atoms with Gasteiger partial charge in [-0.2, -0.15) is 0 Å². The van der Waals surface area contributed by atoms with E-state index in [0.717, 1.165) is 17.0 Å². The maximum Gasteiger partial charge on any atom is 0.105 e. The summed E-state index contributed by atoms with van der Waals surface area (Å²) in [5.74, 6) is 0. The highest BCUT2D eigenvalue weighted by molar-refractivity contribution is 8.00. The summed E-state index contributed by atoms with van der Waals surface area (Å²) in [6.07, 6.45) is 4.86. The molecule has 0 amide bonds. The highest BCUT2D eigenvalue weighted by Gasteiger charge is 2.24. The van der Waals surface area contributed by atoms with Gasteiger partial charge < -0.3 is 5.73 Å². The Morgan fingerprint density at radius 2 is 1.64 bits per heavy atom. The Balaban J connectivity index is 0.00000182. The maximum atomic E-state index is 6.38. The second-order valence-corrected chi connectivity index (χ2v) is 7.73. The van der Waals surface area contributed by atoms with E-state index in [2.05, 4.69) is 60.7 Å². The van der Waals surface area contributed by atoms with Gasteiger partial charge in [0.2, 0.25) is 0 Å². The molecule has 25 heavy (non-hydrogen) atoms. The van der Waals surface area contributed by atoms with Crippen LogP contribution in [0.15, 0.2) is 65.7 Å². The van der Waals surface area contributed by atoms with Gasteiger partial charge in [-0.3, -0.25) is 0 Å². The van der Waals surface area contributed by atoms with Crippen LogP contribution in [0.1, 0.15) is 25.7 Å². The fourth-order valence-electron chi connectivity index (χ4n) is 3.43. The minimum Gasteiger partial charge on any atom is -0.327 e. The van der Waals surface area contributed by atoms with E-state index in [9.17, 15) is 0 Å². The first-order valence-electron chi connectivity index (χ1n) is 8.69.